The molecule has 1 unspecified atom stereocenters. The number of benzene rings is 1. The maximum Gasteiger partial charge on any atom is 0.224 e. The van der Waals surface area contributed by atoms with E-state index in [9.17, 15) is 9.90 Å². The van der Waals surface area contributed by atoms with Crippen LogP contribution in [0, 0.1) is 5.92 Å². The second kappa shape index (κ2) is 7.35. The van der Waals surface area contributed by atoms with Gasteiger partial charge in [0.1, 0.15) is 0 Å². The van der Waals surface area contributed by atoms with Crippen LogP contribution in [0.2, 0.25) is 0 Å². The third kappa shape index (κ3) is 4.25. The number of hydrogen-bond acceptors (Lipinski definition) is 3. The van der Waals surface area contributed by atoms with E-state index in [1.54, 1.807) is 0 Å². The second-order valence-corrected chi connectivity index (χ2v) is 6.98. The summed E-state index contributed by atoms with van der Waals surface area (Å²) in [5.41, 5.74) is 2.38. The number of para-hydroxylation sites is 1. The van der Waals surface area contributed by atoms with E-state index in [0.29, 0.717) is 32.0 Å². The Balaban J connectivity index is 1.79. The number of nitrogens with zero attached hydrogens (tertiary/aromatic N) is 2. The van der Waals surface area contributed by atoms with Gasteiger partial charge in [-0.05, 0) is 36.8 Å². The highest BCUT2D eigenvalue weighted by atomic mass is 16.3. The van der Waals surface area contributed by atoms with E-state index in [2.05, 4.69) is 24.0 Å². The Bertz CT molecular complexity index is 542. The summed E-state index contributed by atoms with van der Waals surface area (Å²) in [4.78, 5) is 16.8. The third-order valence-corrected chi connectivity index (χ3v) is 4.87. The highest BCUT2D eigenvalue weighted by molar-refractivity contribution is 5.78. The number of aliphatic hydroxyl groups is 1. The number of carbonyl (C=O) groups excluding carboxylic acids is 1. The van der Waals surface area contributed by atoms with E-state index in [1.807, 2.05) is 17.0 Å². The lowest BCUT2D eigenvalue weighted by molar-refractivity contribution is -0.132. The Morgan fingerprint density at radius 1 is 1.26 bits per heavy atom. The van der Waals surface area contributed by atoms with E-state index in [4.69, 9.17) is 0 Å². The van der Waals surface area contributed by atoms with Gasteiger partial charge in [0.15, 0.2) is 0 Å². The Morgan fingerprint density at radius 3 is 2.78 bits per heavy atom. The number of carbonyl (C=O) groups is 1. The molecule has 126 valence electrons. The summed E-state index contributed by atoms with van der Waals surface area (Å²) in [7, 11) is 0. The standard InChI is InChI=1S/C19H28N2O2/c1-2-5-17(22)14-20-11-10-19(23)21(12-15-8-9-15)13-16-6-3-4-7-18(16)20/h3-4,6-7,15,17,22H,2,5,8-14H2,1H3. The predicted molar refractivity (Wildman–Crippen MR) is 92.3 cm³/mol. The molecule has 1 aliphatic carbocycles. The van der Waals surface area contributed by atoms with Gasteiger partial charge >= 0.3 is 0 Å². The van der Waals surface area contributed by atoms with Crippen molar-refractivity contribution in [3.8, 4) is 0 Å². The molecular formula is C19H28N2O2. The summed E-state index contributed by atoms with van der Waals surface area (Å²) < 4.78 is 0. The Morgan fingerprint density at radius 2 is 2.04 bits per heavy atom. The monoisotopic (exact) mass is 316 g/mol. The van der Waals surface area contributed by atoms with Crippen LogP contribution in [-0.4, -0.2) is 41.7 Å². The van der Waals surface area contributed by atoms with Crippen molar-refractivity contribution in [1.29, 1.82) is 0 Å². The van der Waals surface area contributed by atoms with Gasteiger partial charge in [0.2, 0.25) is 5.91 Å². The fraction of sp³-hybridized carbons (Fsp3) is 0.632. The zero-order valence-corrected chi connectivity index (χ0v) is 14.1. The van der Waals surface area contributed by atoms with Gasteiger partial charge in [0, 0.05) is 38.3 Å². The van der Waals surface area contributed by atoms with Crippen molar-refractivity contribution < 1.29 is 9.90 Å². The molecule has 0 saturated heterocycles. The number of amides is 1. The highest BCUT2D eigenvalue weighted by Gasteiger charge is 2.29. The van der Waals surface area contributed by atoms with Gasteiger partial charge in [-0.3, -0.25) is 4.79 Å². The molecule has 0 bridgehead atoms. The summed E-state index contributed by atoms with van der Waals surface area (Å²) in [5, 5.41) is 10.2. The lowest BCUT2D eigenvalue weighted by Gasteiger charge is -2.34. The van der Waals surface area contributed by atoms with Crippen LogP contribution in [-0.2, 0) is 11.3 Å². The number of hydrogen-bond donors (Lipinski definition) is 1. The maximum atomic E-state index is 12.5. The minimum absolute atomic E-state index is 0.251. The van der Waals surface area contributed by atoms with E-state index < -0.39 is 0 Å². The first-order chi connectivity index (χ1) is 11.2. The molecule has 1 aromatic carbocycles. The Hall–Kier alpha value is -1.55. The SMILES string of the molecule is CCCC(O)CN1CCC(=O)N(CC2CC2)Cc2ccccc21. The molecule has 1 amide bonds. The van der Waals surface area contributed by atoms with Crippen molar-refractivity contribution in [2.75, 3.05) is 24.5 Å². The number of β-amino-alcohol motifs (C(OH)–C–C–N with tert-alkyl or cyclic N) is 1. The first-order valence-corrected chi connectivity index (χ1v) is 8.96. The van der Waals surface area contributed by atoms with Gasteiger partial charge in [-0.25, -0.2) is 0 Å². The maximum absolute atomic E-state index is 12.5. The van der Waals surface area contributed by atoms with Gasteiger partial charge in [-0.1, -0.05) is 31.5 Å². The molecule has 1 aliphatic heterocycles. The molecule has 3 rings (SSSR count). The van der Waals surface area contributed by atoms with Gasteiger partial charge in [-0.2, -0.15) is 0 Å². The van der Waals surface area contributed by atoms with Crippen LogP contribution in [0.1, 0.15) is 44.6 Å². The third-order valence-electron chi connectivity index (χ3n) is 4.87. The predicted octanol–water partition coefficient (Wildman–Crippen LogP) is 2.80. The van der Waals surface area contributed by atoms with E-state index in [1.165, 1.54) is 24.1 Å². The van der Waals surface area contributed by atoms with Gasteiger partial charge in [-0.15, -0.1) is 0 Å². The molecule has 23 heavy (non-hydrogen) atoms. The fourth-order valence-corrected chi connectivity index (χ4v) is 3.40. The van der Waals surface area contributed by atoms with Crippen LogP contribution in [0.25, 0.3) is 0 Å². The number of anilines is 1. The van der Waals surface area contributed by atoms with Crippen LogP contribution < -0.4 is 4.90 Å². The zero-order chi connectivity index (χ0) is 16.2. The molecular weight excluding hydrogens is 288 g/mol. The van der Waals surface area contributed by atoms with Crippen LogP contribution in [0.15, 0.2) is 24.3 Å². The lowest BCUT2D eigenvalue weighted by Crippen LogP contribution is -2.41. The van der Waals surface area contributed by atoms with Crippen LogP contribution >= 0.6 is 0 Å². The van der Waals surface area contributed by atoms with Crippen molar-refractivity contribution in [2.24, 2.45) is 5.92 Å². The molecule has 1 N–H and O–H groups in total. The molecule has 1 saturated carbocycles. The summed E-state index contributed by atoms with van der Waals surface area (Å²) in [6, 6.07) is 8.33. The molecule has 4 heteroatoms. The zero-order valence-electron chi connectivity index (χ0n) is 14.1. The fourth-order valence-electron chi connectivity index (χ4n) is 3.40. The molecule has 1 atom stereocenters. The summed E-state index contributed by atoms with van der Waals surface area (Å²) in [6.45, 7) is 5.00. The molecule has 1 heterocycles. The minimum Gasteiger partial charge on any atom is -0.391 e. The summed E-state index contributed by atoms with van der Waals surface area (Å²) >= 11 is 0. The van der Waals surface area contributed by atoms with Crippen LogP contribution in [0.5, 0.6) is 0 Å². The smallest absolute Gasteiger partial charge is 0.224 e. The van der Waals surface area contributed by atoms with E-state index in [-0.39, 0.29) is 12.0 Å². The van der Waals surface area contributed by atoms with Crippen LogP contribution in [0.3, 0.4) is 0 Å². The molecule has 0 aromatic heterocycles. The van der Waals surface area contributed by atoms with Crippen molar-refractivity contribution in [3.05, 3.63) is 29.8 Å². The first kappa shape index (κ1) is 16.3. The van der Waals surface area contributed by atoms with Gasteiger partial charge in [0.25, 0.3) is 0 Å². The molecule has 4 nitrogen and oxygen atoms in total. The highest BCUT2D eigenvalue weighted by Crippen LogP contribution is 2.32. The molecule has 1 fully saturated rings. The van der Waals surface area contributed by atoms with Crippen molar-refractivity contribution in [2.45, 2.75) is 51.7 Å². The molecule has 0 spiro atoms. The summed E-state index contributed by atoms with van der Waals surface area (Å²) in [5.74, 6) is 0.967. The second-order valence-electron chi connectivity index (χ2n) is 6.98. The number of aliphatic hydroxyl groups excluding tert-OH is 1. The topological polar surface area (TPSA) is 43.8 Å². The molecule has 1 aromatic rings. The average Bonchev–Trinajstić information content (AvgIpc) is 3.34. The Labute approximate surface area is 139 Å². The summed E-state index contributed by atoms with van der Waals surface area (Å²) in [6.07, 6.45) is 4.53. The quantitative estimate of drug-likeness (QED) is 0.877. The van der Waals surface area contributed by atoms with E-state index in [0.717, 1.165) is 19.4 Å². The van der Waals surface area contributed by atoms with Crippen molar-refractivity contribution in [1.82, 2.24) is 4.90 Å². The number of fused-ring (bicyclic) bond motifs is 1. The largest absolute Gasteiger partial charge is 0.391 e. The normalized spacial score (nSPS) is 20.0. The van der Waals surface area contributed by atoms with Gasteiger partial charge < -0.3 is 14.9 Å². The van der Waals surface area contributed by atoms with Crippen LogP contribution in [0.4, 0.5) is 5.69 Å². The minimum atomic E-state index is -0.329. The molecule has 0 radical (unpaired) electrons. The average molecular weight is 316 g/mol. The lowest BCUT2D eigenvalue weighted by atomic mass is 10.1. The van der Waals surface area contributed by atoms with Crippen molar-refractivity contribution in [3.63, 3.8) is 0 Å². The number of rotatable bonds is 6. The van der Waals surface area contributed by atoms with Crippen molar-refractivity contribution >= 4 is 11.6 Å². The van der Waals surface area contributed by atoms with Gasteiger partial charge in [0.05, 0.1) is 6.10 Å². The molecule has 2 aliphatic rings. The Kier molecular flexibility index (Phi) is 5.21. The van der Waals surface area contributed by atoms with E-state index >= 15 is 0 Å². The first-order valence-electron chi connectivity index (χ1n) is 8.96.